The third-order valence-electron chi connectivity index (χ3n) is 1.55. The van der Waals surface area contributed by atoms with Gasteiger partial charge in [-0.15, -0.1) is 0 Å². The molecular formula is C9H12N2O3. The zero-order valence-corrected chi connectivity index (χ0v) is 7.97. The molecule has 0 aliphatic carbocycles. The van der Waals surface area contributed by atoms with E-state index in [0.29, 0.717) is 6.61 Å². The third kappa shape index (κ3) is 3.01. The molecule has 0 atom stereocenters. The Morgan fingerprint density at radius 1 is 1.64 bits per heavy atom. The van der Waals surface area contributed by atoms with Crippen LogP contribution in [0.5, 0.6) is 0 Å². The molecule has 0 aliphatic heterocycles. The van der Waals surface area contributed by atoms with Gasteiger partial charge in [0.05, 0.1) is 6.61 Å². The fourth-order valence-electron chi connectivity index (χ4n) is 0.908. The number of rotatable bonds is 4. The minimum absolute atomic E-state index is 0.0767. The fourth-order valence-corrected chi connectivity index (χ4v) is 0.908. The molecule has 0 unspecified atom stereocenters. The molecule has 0 amide bonds. The number of carbonyl (C=O) groups excluding carboxylic acids is 1. The summed E-state index contributed by atoms with van der Waals surface area (Å²) in [6.45, 7) is 2.21. The molecule has 0 N–H and O–H groups in total. The van der Waals surface area contributed by atoms with E-state index in [1.165, 1.54) is 17.0 Å². The molecule has 14 heavy (non-hydrogen) atoms. The van der Waals surface area contributed by atoms with Crippen molar-refractivity contribution in [1.82, 2.24) is 9.55 Å². The number of ether oxygens (including phenoxy) is 1. The Labute approximate surface area is 81.3 Å². The van der Waals surface area contributed by atoms with E-state index in [2.05, 4.69) is 4.98 Å². The first kappa shape index (κ1) is 10.4. The Balaban J connectivity index is 2.56. The van der Waals surface area contributed by atoms with Crippen molar-refractivity contribution < 1.29 is 9.53 Å². The lowest BCUT2D eigenvalue weighted by molar-refractivity contribution is -0.144. The van der Waals surface area contributed by atoms with Crippen molar-refractivity contribution in [3.63, 3.8) is 0 Å². The summed E-state index contributed by atoms with van der Waals surface area (Å²) in [4.78, 5) is 25.7. The van der Waals surface area contributed by atoms with Crippen molar-refractivity contribution in [1.29, 1.82) is 0 Å². The van der Waals surface area contributed by atoms with Gasteiger partial charge in [-0.1, -0.05) is 6.92 Å². The van der Waals surface area contributed by atoms with Crippen molar-refractivity contribution in [3.8, 4) is 0 Å². The molecule has 1 rings (SSSR count). The lowest BCUT2D eigenvalue weighted by atomic mass is 10.5. The SMILES string of the molecule is CCCOC(=O)Cn1cccnc1=O. The highest BCUT2D eigenvalue weighted by Gasteiger charge is 2.04. The molecule has 0 aromatic carbocycles. The number of aromatic nitrogens is 2. The maximum absolute atomic E-state index is 11.1. The van der Waals surface area contributed by atoms with E-state index >= 15 is 0 Å². The van der Waals surface area contributed by atoms with Gasteiger partial charge in [0.25, 0.3) is 0 Å². The van der Waals surface area contributed by atoms with Crippen molar-refractivity contribution in [3.05, 3.63) is 28.9 Å². The summed E-state index contributed by atoms with van der Waals surface area (Å²) >= 11 is 0. The van der Waals surface area contributed by atoms with E-state index < -0.39 is 11.7 Å². The molecule has 0 aliphatic rings. The Morgan fingerprint density at radius 3 is 3.07 bits per heavy atom. The van der Waals surface area contributed by atoms with Crippen LogP contribution in [-0.4, -0.2) is 22.1 Å². The molecule has 1 aromatic rings. The molecule has 0 spiro atoms. The monoisotopic (exact) mass is 196 g/mol. The first-order valence-electron chi connectivity index (χ1n) is 4.41. The molecule has 76 valence electrons. The van der Waals surface area contributed by atoms with Crippen LogP contribution in [0.2, 0.25) is 0 Å². The van der Waals surface area contributed by atoms with Gasteiger partial charge in [0.2, 0.25) is 0 Å². The van der Waals surface area contributed by atoms with Gasteiger partial charge in [0, 0.05) is 12.4 Å². The van der Waals surface area contributed by atoms with Crippen molar-refractivity contribution in [2.45, 2.75) is 19.9 Å². The van der Waals surface area contributed by atoms with Crippen LogP contribution in [0.25, 0.3) is 0 Å². The normalized spacial score (nSPS) is 9.79. The molecule has 5 heteroatoms. The highest BCUT2D eigenvalue weighted by Crippen LogP contribution is 1.86. The van der Waals surface area contributed by atoms with Gasteiger partial charge < -0.3 is 4.74 Å². The highest BCUT2D eigenvalue weighted by atomic mass is 16.5. The van der Waals surface area contributed by atoms with Crippen LogP contribution in [0.3, 0.4) is 0 Å². The Kier molecular flexibility index (Phi) is 3.84. The van der Waals surface area contributed by atoms with E-state index in [-0.39, 0.29) is 6.54 Å². The van der Waals surface area contributed by atoms with Crippen LogP contribution in [-0.2, 0) is 16.1 Å². The average molecular weight is 196 g/mol. The highest BCUT2D eigenvalue weighted by molar-refractivity contribution is 5.69. The van der Waals surface area contributed by atoms with E-state index in [9.17, 15) is 9.59 Å². The Morgan fingerprint density at radius 2 is 2.43 bits per heavy atom. The second-order valence-corrected chi connectivity index (χ2v) is 2.75. The van der Waals surface area contributed by atoms with Crippen LogP contribution in [0, 0.1) is 0 Å². The zero-order chi connectivity index (χ0) is 10.4. The van der Waals surface area contributed by atoms with Gasteiger partial charge >= 0.3 is 11.7 Å². The summed E-state index contributed by atoms with van der Waals surface area (Å²) < 4.78 is 6.03. The maximum atomic E-state index is 11.1. The van der Waals surface area contributed by atoms with Crippen molar-refractivity contribution in [2.75, 3.05) is 6.61 Å². The summed E-state index contributed by atoms with van der Waals surface area (Å²) in [5.41, 5.74) is -0.444. The predicted molar refractivity (Wildman–Crippen MR) is 49.7 cm³/mol. The van der Waals surface area contributed by atoms with Crippen molar-refractivity contribution in [2.24, 2.45) is 0 Å². The predicted octanol–water partition coefficient (Wildman–Crippen LogP) is 0.197. The first-order valence-corrected chi connectivity index (χ1v) is 4.41. The van der Waals surface area contributed by atoms with E-state index in [1.807, 2.05) is 6.92 Å². The summed E-state index contributed by atoms with van der Waals surface area (Å²) in [6.07, 6.45) is 3.66. The smallest absolute Gasteiger partial charge is 0.348 e. The van der Waals surface area contributed by atoms with Gasteiger partial charge in [-0.25, -0.2) is 9.78 Å². The minimum atomic E-state index is -0.444. The van der Waals surface area contributed by atoms with Crippen LogP contribution < -0.4 is 5.69 Å². The lowest BCUT2D eigenvalue weighted by Gasteiger charge is -2.04. The number of hydrogen-bond acceptors (Lipinski definition) is 4. The van der Waals surface area contributed by atoms with Gasteiger partial charge in [-0.05, 0) is 12.5 Å². The first-order chi connectivity index (χ1) is 6.74. The molecule has 0 radical (unpaired) electrons. The molecular weight excluding hydrogens is 184 g/mol. The summed E-state index contributed by atoms with van der Waals surface area (Å²) in [7, 11) is 0. The number of hydrogen-bond donors (Lipinski definition) is 0. The number of nitrogens with zero attached hydrogens (tertiary/aromatic N) is 2. The fraction of sp³-hybridized carbons (Fsp3) is 0.444. The molecule has 1 aromatic heterocycles. The van der Waals surface area contributed by atoms with Crippen LogP contribution in [0.4, 0.5) is 0 Å². The zero-order valence-electron chi connectivity index (χ0n) is 7.97. The maximum Gasteiger partial charge on any atom is 0.348 e. The van der Waals surface area contributed by atoms with Crippen LogP contribution in [0.15, 0.2) is 23.3 Å². The quantitative estimate of drug-likeness (QED) is 0.645. The topological polar surface area (TPSA) is 61.2 Å². The summed E-state index contributed by atoms with van der Waals surface area (Å²) in [5.74, 6) is -0.415. The molecule has 0 saturated carbocycles. The van der Waals surface area contributed by atoms with Gasteiger partial charge in [-0.2, -0.15) is 0 Å². The minimum Gasteiger partial charge on any atom is -0.464 e. The van der Waals surface area contributed by atoms with Crippen molar-refractivity contribution >= 4 is 5.97 Å². The average Bonchev–Trinajstić information content (AvgIpc) is 2.18. The van der Waals surface area contributed by atoms with E-state index in [0.717, 1.165) is 6.42 Å². The van der Waals surface area contributed by atoms with E-state index in [4.69, 9.17) is 4.74 Å². The van der Waals surface area contributed by atoms with Gasteiger partial charge in [-0.3, -0.25) is 9.36 Å². The van der Waals surface area contributed by atoms with Gasteiger partial charge in [0.1, 0.15) is 6.54 Å². The number of esters is 1. The molecule has 0 fully saturated rings. The van der Waals surface area contributed by atoms with Gasteiger partial charge in [0.15, 0.2) is 0 Å². The molecule has 5 nitrogen and oxygen atoms in total. The Bertz CT molecular complexity index is 359. The Hall–Kier alpha value is -1.65. The molecule has 0 saturated heterocycles. The number of carbonyl (C=O) groups is 1. The molecule has 0 bridgehead atoms. The van der Waals surface area contributed by atoms with Crippen LogP contribution >= 0.6 is 0 Å². The summed E-state index contributed by atoms with van der Waals surface area (Å²) in [5, 5.41) is 0. The van der Waals surface area contributed by atoms with E-state index in [1.54, 1.807) is 6.07 Å². The van der Waals surface area contributed by atoms with Crippen LogP contribution in [0.1, 0.15) is 13.3 Å². The lowest BCUT2D eigenvalue weighted by Crippen LogP contribution is -2.26. The molecule has 1 heterocycles. The standard InChI is InChI=1S/C9H12N2O3/c1-2-6-14-8(12)7-11-5-3-4-10-9(11)13/h3-5H,2,6-7H2,1H3. The second-order valence-electron chi connectivity index (χ2n) is 2.75. The third-order valence-corrected chi connectivity index (χ3v) is 1.55. The summed E-state index contributed by atoms with van der Waals surface area (Å²) in [6, 6.07) is 1.59. The largest absolute Gasteiger partial charge is 0.464 e. The second kappa shape index (κ2) is 5.16.